The van der Waals surface area contributed by atoms with Gasteiger partial charge < -0.3 is 20.9 Å². The maximum Gasteiger partial charge on any atom is 0.474 e. The molecule has 190 valence electrons. The molecule has 1 aromatic carbocycles. The number of anilines is 1. The molecule has 34 heavy (non-hydrogen) atoms. The molecule has 0 bridgehead atoms. The van der Waals surface area contributed by atoms with Gasteiger partial charge in [0.2, 0.25) is 11.8 Å². The lowest BCUT2D eigenvalue weighted by molar-refractivity contribution is -0.169. The summed E-state index contributed by atoms with van der Waals surface area (Å²) in [5, 5.41) is 12.0. The minimum atomic E-state index is -5.29. The molecular formula is C19H22F6N4O4S. The summed E-state index contributed by atoms with van der Waals surface area (Å²) < 4.78 is 97.2. The van der Waals surface area contributed by atoms with Crippen LogP contribution in [0.5, 0.6) is 0 Å². The fourth-order valence-electron chi connectivity index (χ4n) is 2.09. The van der Waals surface area contributed by atoms with Crippen LogP contribution in [0.25, 0.3) is 0 Å². The van der Waals surface area contributed by atoms with Crippen LogP contribution in [-0.2, 0) is 19.3 Å². The van der Waals surface area contributed by atoms with E-state index in [0.29, 0.717) is 6.08 Å². The van der Waals surface area contributed by atoms with Crippen molar-refractivity contribution in [3.63, 3.8) is 0 Å². The number of nitrogens with two attached hydrogens (primary N) is 1. The van der Waals surface area contributed by atoms with Crippen LogP contribution in [0.2, 0.25) is 0 Å². The van der Waals surface area contributed by atoms with Crippen LogP contribution in [-0.4, -0.2) is 52.0 Å². The van der Waals surface area contributed by atoms with Crippen molar-refractivity contribution in [2.75, 3.05) is 11.6 Å². The highest BCUT2D eigenvalue weighted by Crippen LogP contribution is 2.31. The van der Waals surface area contributed by atoms with Crippen molar-refractivity contribution < 1.29 is 45.2 Å². The van der Waals surface area contributed by atoms with Crippen LogP contribution in [0.1, 0.15) is 13.8 Å². The highest BCUT2D eigenvalue weighted by Gasteiger charge is 2.39. The molecule has 15 heteroatoms. The van der Waals surface area contributed by atoms with Gasteiger partial charge in [0.15, 0.2) is 0 Å². The Morgan fingerprint density at radius 1 is 1.18 bits per heavy atom. The zero-order valence-electron chi connectivity index (χ0n) is 18.1. The summed E-state index contributed by atoms with van der Waals surface area (Å²) in [6.07, 6.45) is -11.1. The van der Waals surface area contributed by atoms with E-state index >= 15 is 0 Å². The first-order valence-corrected chi connectivity index (χ1v) is 11.1. The van der Waals surface area contributed by atoms with Gasteiger partial charge in [-0.05, 0) is 38.1 Å². The molecule has 0 aliphatic carbocycles. The van der Waals surface area contributed by atoms with Crippen LogP contribution in [0.3, 0.4) is 0 Å². The van der Waals surface area contributed by atoms with Gasteiger partial charge in [-0.25, -0.2) is 4.21 Å². The van der Waals surface area contributed by atoms with E-state index in [0.717, 1.165) is 18.4 Å². The summed E-state index contributed by atoms with van der Waals surface area (Å²) in [7, 11) is -3.73. The average molecular weight is 516 g/mol. The van der Waals surface area contributed by atoms with E-state index in [4.69, 9.17) is 10.5 Å². The van der Waals surface area contributed by atoms with Gasteiger partial charge in [-0.2, -0.15) is 31.3 Å². The highest BCUT2D eigenvalue weighted by molar-refractivity contribution is 7.93. The number of halogens is 6. The number of rotatable bonds is 7. The summed E-state index contributed by atoms with van der Waals surface area (Å²) in [4.78, 5) is 14.4. The number of amides is 1. The molecule has 1 aromatic rings. The quantitative estimate of drug-likeness (QED) is 0.167. The number of guanidine groups is 1. The molecule has 0 radical (unpaired) electrons. The molecule has 8 nitrogen and oxygen atoms in total. The van der Waals surface area contributed by atoms with Crippen molar-refractivity contribution in [2.45, 2.75) is 43.3 Å². The van der Waals surface area contributed by atoms with Gasteiger partial charge in [0, 0.05) is 16.8 Å². The monoisotopic (exact) mass is 516 g/mol. The topological polar surface area (TPSA) is 126 Å². The predicted molar refractivity (Wildman–Crippen MR) is 113 cm³/mol. The van der Waals surface area contributed by atoms with E-state index in [1.165, 1.54) is 26.0 Å². The number of hydrogen-bond acceptors (Lipinski definition) is 5. The van der Waals surface area contributed by atoms with Gasteiger partial charge in [0.25, 0.3) is 0 Å². The lowest BCUT2D eigenvalue weighted by Crippen LogP contribution is -2.27. The maximum atomic E-state index is 13.3. The second-order valence-electron chi connectivity index (χ2n) is 6.83. The summed E-state index contributed by atoms with van der Waals surface area (Å²) in [5.74, 6) is -4.07. The van der Waals surface area contributed by atoms with E-state index in [-0.39, 0.29) is 10.6 Å². The van der Waals surface area contributed by atoms with Crippen molar-refractivity contribution >= 4 is 27.3 Å². The molecule has 4 N–H and O–H groups in total. The normalized spacial score (nSPS) is 17.1. The molecule has 0 aromatic heterocycles. The molecule has 0 aliphatic heterocycles. The lowest BCUT2D eigenvalue weighted by atomic mass is 10.2. The van der Waals surface area contributed by atoms with Crippen LogP contribution in [0, 0.1) is 0 Å². The van der Waals surface area contributed by atoms with E-state index < -0.39 is 57.6 Å². The number of nitrogens with one attached hydrogen (secondary N) is 1. The Labute approximate surface area is 191 Å². The Balaban J connectivity index is 3.27. The van der Waals surface area contributed by atoms with E-state index in [9.17, 15) is 40.5 Å². The van der Waals surface area contributed by atoms with Crippen LogP contribution in [0.4, 0.5) is 32.0 Å². The Morgan fingerprint density at radius 3 is 2.12 bits per heavy atom. The summed E-state index contributed by atoms with van der Waals surface area (Å²) >= 11 is 0. The van der Waals surface area contributed by atoms with Gasteiger partial charge in [0.05, 0.1) is 15.8 Å². The number of alkyl halides is 6. The van der Waals surface area contributed by atoms with E-state index in [1.807, 2.05) is 0 Å². The van der Waals surface area contributed by atoms with Crippen LogP contribution in [0.15, 0.2) is 62.6 Å². The van der Waals surface area contributed by atoms with Gasteiger partial charge in [-0.1, -0.05) is 12.7 Å². The summed E-state index contributed by atoms with van der Waals surface area (Å²) in [5.41, 5.74) is 4.38. The number of carbonyl (C=O) groups excluding carboxylic acids is 1. The second-order valence-corrected chi connectivity index (χ2v) is 9.09. The standard InChI is InChI=1S/C19H22F6N4O4S/c1-5-14(18(20,21)22)15(33-11(3)10(2)30)28-17(26)27-12-6-8-13(9-7-12)34(4,32)29-16(31)19(23,24)25/h5-11,30H,1H2,2-4H3,(H3,26,27,28)/b15-14-/t10-,11-,34?/m1/s1. The molecule has 1 amide bonds. The highest BCUT2D eigenvalue weighted by atomic mass is 32.2. The van der Waals surface area contributed by atoms with E-state index in [1.54, 1.807) is 0 Å². The van der Waals surface area contributed by atoms with Crippen molar-refractivity contribution in [1.82, 2.24) is 0 Å². The Hall–Kier alpha value is -3.07. The molecule has 0 aliphatic rings. The number of allylic oxidation sites excluding steroid dienone is 2. The van der Waals surface area contributed by atoms with Crippen molar-refractivity contribution in [3.05, 3.63) is 48.4 Å². The first-order chi connectivity index (χ1) is 15.4. The fraction of sp³-hybridized carbons (Fsp3) is 0.368. The molecule has 0 heterocycles. The minimum absolute atomic E-state index is 0.0948. The molecule has 3 atom stereocenters. The smallest absolute Gasteiger partial charge is 0.471 e. The Kier molecular flexibility index (Phi) is 9.29. The van der Waals surface area contributed by atoms with Crippen LogP contribution < -0.4 is 11.1 Å². The number of aliphatic imine (C=N–C) groups is 1. The van der Waals surface area contributed by atoms with Crippen molar-refractivity contribution in [2.24, 2.45) is 15.1 Å². The molecular weight excluding hydrogens is 494 g/mol. The molecule has 0 saturated heterocycles. The Morgan fingerprint density at radius 2 is 1.71 bits per heavy atom. The third kappa shape index (κ3) is 8.37. The third-order valence-electron chi connectivity index (χ3n) is 4.00. The summed E-state index contributed by atoms with van der Waals surface area (Å²) in [6, 6.07) is 4.52. The lowest BCUT2D eigenvalue weighted by Gasteiger charge is -2.20. The minimum Gasteiger partial charge on any atom is -0.471 e. The Bertz CT molecular complexity index is 1090. The molecule has 0 saturated carbocycles. The number of nitrogens with zero attached hydrogens (tertiary/aromatic N) is 2. The number of aliphatic hydroxyl groups is 1. The number of carbonyl (C=O) groups is 1. The zero-order valence-corrected chi connectivity index (χ0v) is 18.9. The van der Waals surface area contributed by atoms with Gasteiger partial charge in [-0.15, -0.1) is 4.36 Å². The van der Waals surface area contributed by atoms with Gasteiger partial charge in [0.1, 0.15) is 11.7 Å². The largest absolute Gasteiger partial charge is 0.474 e. The molecule has 1 rings (SSSR count). The number of hydrogen-bond donors (Lipinski definition) is 3. The fourth-order valence-corrected chi connectivity index (χ4v) is 3.25. The van der Waals surface area contributed by atoms with Gasteiger partial charge >= 0.3 is 18.3 Å². The van der Waals surface area contributed by atoms with Crippen molar-refractivity contribution in [3.8, 4) is 0 Å². The zero-order chi connectivity index (χ0) is 26.5. The molecule has 0 spiro atoms. The summed E-state index contributed by atoms with van der Waals surface area (Å²) in [6.45, 7) is 5.67. The molecule has 0 fully saturated rings. The van der Waals surface area contributed by atoms with Crippen molar-refractivity contribution in [1.29, 1.82) is 0 Å². The van der Waals surface area contributed by atoms with Gasteiger partial charge in [-0.3, -0.25) is 4.79 Å². The maximum absolute atomic E-state index is 13.3. The molecule has 1 unspecified atom stereocenters. The predicted octanol–water partition coefficient (Wildman–Crippen LogP) is 3.70. The number of ether oxygens (including phenoxy) is 1. The third-order valence-corrected chi connectivity index (χ3v) is 5.66. The average Bonchev–Trinajstić information content (AvgIpc) is 2.66. The van der Waals surface area contributed by atoms with E-state index in [2.05, 4.69) is 21.3 Å². The number of benzene rings is 1. The van der Waals surface area contributed by atoms with Crippen LogP contribution >= 0.6 is 0 Å². The number of aliphatic hydroxyl groups excluding tert-OH is 1. The second kappa shape index (κ2) is 10.9. The SMILES string of the molecule is C=C/C(=C(\N=C(N)Nc1ccc(S(C)(=O)=NC(=O)C(F)(F)F)cc1)O[C@H](C)[C@@H](C)O)C(F)(F)F. The first kappa shape index (κ1) is 29.0. The first-order valence-electron chi connectivity index (χ1n) is 9.21.